The van der Waals surface area contributed by atoms with E-state index in [-0.39, 0.29) is 25.0 Å². The van der Waals surface area contributed by atoms with Crippen LogP contribution in [0.2, 0.25) is 0 Å². The molecule has 3 heterocycles. The van der Waals surface area contributed by atoms with E-state index >= 15 is 0 Å². The molecule has 1 amide bonds. The summed E-state index contributed by atoms with van der Waals surface area (Å²) in [6, 6.07) is 12.8. The van der Waals surface area contributed by atoms with Crippen LogP contribution in [-0.2, 0) is 20.7 Å². The number of pyridine rings is 1. The Bertz CT molecular complexity index is 1590. The number of nitrogens with zero attached hydrogens (tertiary/aromatic N) is 6. The zero-order valence-electron chi connectivity index (χ0n) is 26.8. The number of aryl methyl sites for hydroxylation is 1. The Morgan fingerprint density at radius 3 is 2.44 bits per heavy atom. The minimum atomic E-state index is -1.07. The topological polar surface area (TPSA) is 156 Å². The zero-order chi connectivity index (χ0) is 32.7. The number of hydrogen-bond donors (Lipinski definition) is 3. The average Bonchev–Trinajstić information content (AvgIpc) is 3.43. The standard InChI is InChI=1S/C32H42N8O5/c1-8-21-17-35-40-27(21)37-29(38-30(40)39(7)23-14-12-22(13-15-23)25-11-9-10-16-33-25)34-18-24(41)19-44-28(42)26(20(2)3)36-31(43)45-32(4,5)6/h9-17,20,24,26,41H,8,18-19H2,1-7H3,(H,34,37)(H,36,43)/t24-,26-/m1/s1. The van der Waals surface area contributed by atoms with E-state index in [9.17, 15) is 14.7 Å². The Kier molecular flexibility index (Phi) is 10.6. The summed E-state index contributed by atoms with van der Waals surface area (Å²) < 4.78 is 12.3. The number of aliphatic hydroxyl groups excluding tert-OH is 1. The highest BCUT2D eigenvalue weighted by Gasteiger charge is 2.29. The van der Waals surface area contributed by atoms with Crippen molar-refractivity contribution in [1.29, 1.82) is 0 Å². The van der Waals surface area contributed by atoms with Gasteiger partial charge in [-0.25, -0.2) is 9.59 Å². The maximum atomic E-state index is 12.7. The second kappa shape index (κ2) is 14.3. The van der Waals surface area contributed by atoms with Crippen molar-refractivity contribution in [3.63, 3.8) is 0 Å². The Hall–Kier alpha value is -4.78. The third-order valence-corrected chi connectivity index (χ3v) is 6.83. The number of carbonyl (C=O) groups is 2. The van der Waals surface area contributed by atoms with Gasteiger partial charge in [0.1, 0.15) is 24.4 Å². The minimum Gasteiger partial charge on any atom is -0.461 e. The predicted molar refractivity (Wildman–Crippen MR) is 171 cm³/mol. The molecule has 3 aromatic heterocycles. The van der Waals surface area contributed by atoms with Gasteiger partial charge in [-0.2, -0.15) is 19.6 Å². The van der Waals surface area contributed by atoms with E-state index in [2.05, 4.69) is 25.7 Å². The molecule has 0 aliphatic carbocycles. The molecule has 13 heteroatoms. The number of alkyl carbamates (subject to hydrolysis) is 1. The van der Waals surface area contributed by atoms with Crippen molar-refractivity contribution in [3.05, 3.63) is 60.4 Å². The summed E-state index contributed by atoms with van der Waals surface area (Å²) in [4.78, 5) is 40.6. The second-order valence-corrected chi connectivity index (χ2v) is 12.0. The predicted octanol–water partition coefficient (Wildman–Crippen LogP) is 4.38. The number of benzene rings is 1. The lowest BCUT2D eigenvalue weighted by atomic mass is 10.1. The highest BCUT2D eigenvalue weighted by molar-refractivity contribution is 5.81. The van der Waals surface area contributed by atoms with Gasteiger partial charge in [0.25, 0.3) is 0 Å². The molecule has 0 aliphatic heterocycles. The Morgan fingerprint density at radius 2 is 1.82 bits per heavy atom. The number of aliphatic hydroxyl groups is 1. The van der Waals surface area contributed by atoms with Crippen molar-refractivity contribution >= 4 is 35.3 Å². The van der Waals surface area contributed by atoms with Crippen LogP contribution in [-0.4, -0.2) is 79.7 Å². The Morgan fingerprint density at radius 1 is 1.09 bits per heavy atom. The first-order chi connectivity index (χ1) is 21.4. The molecule has 13 nitrogen and oxygen atoms in total. The van der Waals surface area contributed by atoms with Crippen LogP contribution in [0.1, 0.15) is 47.1 Å². The highest BCUT2D eigenvalue weighted by Crippen LogP contribution is 2.27. The molecule has 3 N–H and O–H groups in total. The van der Waals surface area contributed by atoms with Crippen LogP contribution in [0.5, 0.6) is 0 Å². The molecular formula is C32H42N8O5. The van der Waals surface area contributed by atoms with E-state index in [1.165, 1.54) is 0 Å². The normalized spacial score (nSPS) is 12.9. The van der Waals surface area contributed by atoms with Crippen LogP contribution in [0.25, 0.3) is 16.9 Å². The van der Waals surface area contributed by atoms with Crippen LogP contribution in [0.4, 0.5) is 22.4 Å². The summed E-state index contributed by atoms with van der Waals surface area (Å²) >= 11 is 0. The van der Waals surface area contributed by atoms with E-state index in [0.29, 0.717) is 11.6 Å². The highest BCUT2D eigenvalue weighted by atomic mass is 16.6. The SMILES string of the molecule is CCc1cnn2c(N(C)c3ccc(-c4ccccn4)cc3)nc(NC[C@@H](O)COC(=O)[C@H](NC(=O)OC(C)(C)C)C(C)C)nc12. The van der Waals surface area contributed by atoms with Gasteiger partial charge >= 0.3 is 12.1 Å². The first-order valence-corrected chi connectivity index (χ1v) is 14.9. The molecule has 4 rings (SSSR count). The summed E-state index contributed by atoms with van der Waals surface area (Å²) in [5.74, 6) is -0.133. The average molecular weight is 619 g/mol. The zero-order valence-corrected chi connectivity index (χ0v) is 26.8. The third-order valence-electron chi connectivity index (χ3n) is 6.83. The molecule has 0 spiro atoms. The fourth-order valence-electron chi connectivity index (χ4n) is 4.43. The lowest BCUT2D eigenvalue weighted by molar-refractivity contribution is -0.150. The Balaban J connectivity index is 1.44. The maximum Gasteiger partial charge on any atom is 0.408 e. The first-order valence-electron chi connectivity index (χ1n) is 14.9. The number of carbonyl (C=O) groups excluding carboxylic acids is 2. The molecular weight excluding hydrogens is 576 g/mol. The van der Waals surface area contributed by atoms with Crippen LogP contribution in [0, 0.1) is 5.92 Å². The fraction of sp³-hybridized carbons (Fsp3) is 0.438. The number of hydrogen-bond acceptors (Lipinski definition) is 11. The van der Waals surface area contributed by atoms with Gasteiger partial charge in [-0.1, -0.05) is 39.0 Å². The van der Waals surface area contributed by atoms with E-state index in [1.54, 1.807) is 51.5 Å². The molecule has 240 valence electrons. The molecule has 2 atom stereocenters. The number of nitrogens with one attached hydrogen (secondary N) is 2. The van der Waals surface area contributed by atoms with Gasteiger partial charge in [0.15, 0.2) is 5.65 Å². The van der Waals surface area contributed by atoms with Crippen molar-refractivity contribution in [1.82, 2.24) is 29.9 Å². The lowest BCUT2D eigenvalue weighted by Crippen LogP contribution is -2.47. The quantitative estimate of drug-likeness (QED) is 0.194. The molecule has 0 bridgehead atoms. The van der Waals surface area contributed by atoms with Gasteiger partial charge in [-0.15, -0.1) is 0 Å². The summed E-state index contributed by atoms with van der Waals surface area (Å²) in [7, 11) is 1.89. The van der Waals surface area contributed by atoms with Crippen molar-refractivity contribution in [2.45, 2.75) is 65.7 Å². The molecule has 0 fully saturated rings. The lowest BCUT2D eigenvalue weighted by Gasteiger charge is -2.25. The van der Waals surface area contributed by atoms with Gasteiger partial charge in [-0.05, 0) is 57.4 Å². The van der Waals surface area contributed by atoms with Crippen molar-refractivity contribution < 1.29 is 24.2 Å². The van der Waals surface area contributed by atoms with E-state index in [0.717, 1.165) is 28.9 Å². The van der Waals surface area contributed by atoms with Crippen molar-refractivity contribution in [2.24, 2.45) is 5.92 Å². The number of aromatic nitrogens is 5. The van der Waals surface area contributed by atoms with E-state index < -0.39 is 29.8 Å². The van der Waals surface area contributed by atoms with E-state index in [1.807, 2.05) is 61.3 Å². The number of anilines is 3. The van der Waals surface area contributed by atoms with Crippen LogP contribution in [0.15, 0.2) is 54.9 Å². The minimum absolute atomic E-state index is 0.00676. The summed E-state index contributed by atoms with van der Waals surface area (Å²) in [5, 5.41) is 20.8. The number of amides is 1. The van der Waals surface area contributed by atoms with Gasteiger partial charge in [0.05, 0.1) is 11.9 Å². The number of rotatable bonds is 12. The summed E-state index contributed by atoms with van der Waals surface area (Å²) in [5.41, 5.74) is 3.61. The Labute approximate surface area is 263 Å². The summed E-state index contributed by atoms with van der Waals surface area (Å²) in [6.45, 7) is 10.5. The molecule has 45 heavy (non-hydrogen) atoms. The molecule has 0 saturated heterocycles. The van der Waals surface area contributed by atoms with Crippen molar-refractivity contribution in [3.8, 4) is 11.3 Å². The second-order valence-electron chi connectivity index (χ2n) is 12.0. The van der Waals surface area contributed by atoms with Gasteiger partial charge in [0, 0.05) is 36.6 Å². The molecule has 1 aromatic carbocycles. The van der Waals surface area contributed by atoms with Gasteiger partial charge in [-0.3, -0.25) is 4.98 Å². The van der Waals surface area contributed by atoms with Gasteiger partial charge < -0.3 is 30.1 Å². The number of esters is 1. The van der Waals surface area contributed by atoms with Crippen molar-refractivity contribution in [2.75, 3.05) is 30.4 Å². The van der Waals surface area contributed by atoms with Crippen LogP contribution >= 0.6 is 0 Å². The maximum absolute atomic E-state index is 12.7. The number of ether oxygens (including phenoxy) is 2. The molecule has 0 saturated carbocycles. The largest absolute Gasteiger partial charge is 0.461 e. The third kappa shape index (κ3) is 8.66. The number of fused-ring (bicyclic) bond motifs is 1. The molecule has 0 aliphatic rings. The summed E-state index contributed by atoms with van der Waals surface area (Å²) in [6.07, 6.45) is 2.45. The molecule has 0 unspecified atom stereocenters. The monoisotopic (exact) mass is 618 g/mol. The first kappa shape index (κ1) is 33.1. The van der Waals surface area contributed by atoms with E-state index in [4.69, 9.17) is 14.5 Å². The fourth-order valence-corrected chi connectivity index (χ4v) is 4.43. The smallest absolute Gasteiger partial charge is 0.408 e. The molecule has 0 radical (unpaired) electrons. The van der Waals surface area contributed by atoms with Crippen LogP contribution in [0.3, 0.4) is 0 Å². The van der Waals surface area contributed by atoms with Gasteiger partial charge in [0.2, 0.25) is 11.9 Å². The van der Waals surface area contributed by atoms with Crippen LogP contribution < -0.4 is 15.5 Å². The molecule has 4 aromatic rings.